The third kappa shape index (κ3) is 2.44. The highest BCUT2D eigenvalue weighted by molar-refractivity contribution is 9.10. The Labute approximate surface area is 113 Å². The Morgan fingerprint density at radius 3 is 2.39 bits per heavy atom. The van der Waals surface area contributed by atoms with Gasteiger partial charge in [-0.2, -0.15) is 0 Å². The standard InChI is InChI=1S/C11H12BrF2NO2S/c1-6-9(12)3-2-8(10(6)18(15,16)17)7-4-11(13,14)5-7/h2-3,7H,4-5H2,1H3,(H2,15,16,17). The van der Waals surface area contributed by atoms with Gasteiger partial charge in [-0.15, -0.1) is 0 Å². The number of rotatable bonds is 2. The van der Waals surface area contributed by atoms with Crippen molar-refractivity contribution >= 4 is 26.0 Å². The lowest BCUT2D eigenvalue weighted by Crippen LogP contribution is -2.35. The van der Waals surface area contributed by atoms with Crippen LogP contribution in [0.5, 0.6) is 0 Å². The number of hydrogen-bond donors (Lipinski definition) is 1. The minimum Gasteiger partial charge on any atom is -0.225 e. The lowest BCUT2D eigenvalue weighted by molar-refractivity contribution is -0.0873. The van der Waals surface area contributed by atoms with Gasteiger partial charge in [0.2, 0.25) is 15.9 Å². The number of benzene rings is 1. The predicted molar refractivity (Wildman–Crippen MR) is 67.2 cm³/mol. The number of alkyl halides is 2. The van der Waals surface area contributed by atoms with Crippen molar-refractivity contribution in [2.24, 2.45) is 5.14 Å². The Morgan fingerprint density at radius 1 is 1.39 bits per heavy atom. The van der Waals surface area contributed by atoms with Crippen LogP contribution in [0, 0.1) is 6.92 Å². The van der Waals surface area contributed by atoms with Gasteiger partial charge in [-0.1, -0.05) is 22.0 Å². The van der Waals surface area contributed by atoms with Crippen molar-refractivity contribution in [3.8, 4) is 0 Å². The first kappa shape index (κ1) is 13.9. The Bertz CT molecular complexity index is 593. The molecule has 1 aromatic carbocycles. The highest BCUT2D eigenvalue weighted by atomic mass is 79.9. The molecular weight excluding hydrogens is 328 g/mol. The Kier molecular flexibility index (Phi) is 3.28. The van der Waals surface area contributed by atoms with E-state index in [2.05, 4.69) is 15.9 Å². The fourth-order valence-electron chi connectivity index (χ4n) is 2.27. The van der Waals surface area contributed by atoms with Gasteiger partial charge in [-0.3, -0.25) is 0 Å². The van der Waals surface area contributed by atoms with E-state index in [0.717, 1.165) is 0 Å². The molecule has 18 heavy (non-hydrogen) atoms. The first-order valence-electron chi connectivity index (χ1n) is 5.31. The SMILES string of the molecule is Cc1c(Br)ccc(C2CC(F)(F)C2)c1S(N)(=O)=O. The summed E-state index contributed by atoms with van der Waals surface area (Å²) in [4.78, 5) is -0.0302. The van der Waals surface area contributed by atoms with Gasteiger partial charge >= 0.3 is 0 Å². The van der Waals surface area contributed by atoms with Crippen molar-refractivity contribution in [3.05, 3.63) is 27.7 Å². The maximum atomic E-state index is 12.9. The third-order valence-electron chi connectivity index (χ3n) is 3.18. The number of primary sulfonamides is 1. The zero-order valence-corrected chi connectivity index (χ0v) is 12.0. The molecule has 0 aliphatic heterocycles. The van der Waals surface area contributed by atoms with Crippen LogP contribution in [0.15, 0.2) is 21.5 Å². The first-order valence-corrected chi connectivity index (χ1v) is 7.65. The fraction of sp³-hybridized carbons (Fsp3) is 0.455. The van der Waals surface area contributed by atoms with E-state index in [4.69, 9.17) is 5.14 Å². The molecule has 1 aliphatic rings. The summed E-state index contributed by atoms with van der Waals surface area (Å²) in [6, 6.07) is 3.21. The van der Waals surface area contributed by atoms with E-state index in [1.807, 2.05) is 0 Å². The van der Waals surface area contributed by atoms with Gasteiger partial charge in [0.15, 0.2) is 0 Å². The molecule has 2 N–H and O–H groups in total. The van der Waals surface area contributed by atoms with Crippen LogP contribution in [0.25, 0.3) is 0 Å². The average Bonchev–Trinajstić information content (AvgIpc) is 2.16. The van der Waals surface area contributed by atoms with Crippen LogP contribution in [0.1, 0.15) is 29.9 Å². The second-order valence-corrected chi connectivity index (χ2v) is 6.95. The molecule has 0 atom stereocenters. The summed E-state index contributed by atoms with van der Waals surface area (Å²) < 4.78 is 49.6. The second kappa shape index (κ2) is 4.25. The summed E-state index contributed by atoms with van der Waals surface area (Å²) in [5.41, 5.74) is 0.856. The van der Waals surface area contributed by atoms with E-state index in [9.17, 15) is 17.2 Å². The molecule has 0 spiro atoms. The molecule has 0 amide bonds. The van der Waals surface area contributed by atoms with Crippen molar-refractivity contribution in [1.29, 1.82) is 0 Å². The van der Waals surface area contributed by atoms with Crippen LogP contribution >= 0.6 is 15.9 Å². The van der Waals surface area contributed by atoms with E-state index < -0.39 is 21.9 Å². The van der Waals surface area contributed by atoms with Gasteiger partial charge in [0.05, 0.1) is 4.90 Å². The zero-order valence-electron chi connectivity index (χ0n) is 9.58. The topological polar surface area (TPSA) is 60.2 Å². The quantitative estimate of drug-likeness (QED) is 0.900. The van der Waals surface area contributed by atoms with Gasteiger partial charge in [0.1, 0.15) is 0 Å². The summed E-state index contributed by atoms with van der Waals surface area (Å²) in [6.45, 7) is 1.60. The number of hydrogen-bond acceptors (Lipinski definition) is 2. The molecule has 7 heteroatoms. The third-order valence-corrected chi connectivity index (χ3v) is 5.15. The summed E-state index contributed by atoms with van der Waals surface area (Å²) in [7, 11) is -3.92. The van der Waals surface area contributed by atoms with Crippen molar-refractivity contribution in [2.75, 3.05) is 0 Å². The molecule has 2 rings (SSSR count). The van der Waals surface area contributed by atoms with Crippen LogP contribution in [-0.4, -0.2) is 14.3 Å². The van der Waals surface area contributed by atoms with Crippen LogP contribution < -0.4 is 5.14 Å². The number of halogens is 3. The largest absolute Gasteiger partial charge is 0.249 e. The second-order valence-electron chi connectivity index (χ2n) is 4.60. The minimum atomic E-state index is -3.92. The van der Waals surface area contributed by atoms with Gasteiger partial charge in [0.25, 0.3) is 0 Å². The highest BCUT2D eigenvalue weighted by Crippen LogP contribution is 2.50. The molecule has 1 aliphatic carbocycles. The van der Waals surface area contributed by atoms with Crippen molar-refractivity contribution < 1.29 is 17.2 Å². The molecule has 1 saturated carbocycles. The molecule has 1 aromatic rings. The van der Waals surface area contributed by atoms with E-state index in [1.165, 1.54) is 0 Å². The normalized spacial score (nSPS) is 19.6. The van der Waals surface area contributed by atoms with E-state index in [1.54, 1.807) is 19.1 Å². The van der Waals surface area contributed by atoms with Gasteiger partial charge in [0, 0.05) is 17.3 Å². The Morgan fingerprint density at radius 2 is 1.94 bits per heavy atom. The molecule has 0 radical (unpaired) electrons. The van der Waals surface area contributed by atoms with Gasteiger partial charge in [-0.05, 0) is 30.0 Å². The Hall–Kier alpha value is -0.530. The maximum Gasteiger partial charge on any atom is 0.249 e. The maximum absolute atomic E-state index is 12.9. The van der Waals surface area contributed by atoms with Crippen LogP contribution in [-0.2, 0) is 10.0 Å². The van der Waals surface area contributed by atoms with E-state index >= 15 is 0 Å². The van der Waals surface area contributed by atoms with Gasteiger partial charge in [-0.25, -0.2) is 22.3 Å². The number of sulfonamides is 1. The summed E-state index contributed by atoms with van der Waals surface area (Å²) in [6.07, 6.45) is -0.646. The fourth-order valence-corrected chi connectivity index (χ4v) is 3.83. The lowest BCUT2D eigenvalue weighted by Gasteiger charge is -2.36. The van der Waals surface area contributed by atoms with E-state index in [0.29, 0.717) is 15.6 Å². The monoisotopic (exact) mass is 339 g/mol. The average molecular weight is 340 g/mol. The summed E-state index contributed by atoms with van der Waals surface area (Å²) >= 11 is 3.22. The highest BCUT2D eigenvalue weighted by Gasteiger charge is 2.47. The molecule has 3 nitrogen and oxygen atoms in total. The van der Waals surface area contributed by atoms with Crippen molar-refractivity contribution in [2.45, 2.75) is 36.5 Å². The minimum absolute atomic E-state index is 0.0302. The molecule has 1 fully saturated rings. The summed E-state index contributed by atoms with van der Waals surface area (Å²) in [5, 5.41) is 5.18. The number of nitrogens with two attached hydrogens (primary N) is 1. The van der Waals surface area contributed by atoms with Crippen LogP contribution in [0.3, 0.4) is 0 Å². The van der Waals surface area contributed by atoms with Gasteiger partial charge < -0.3 is 0 Å². The lowest BCUT2D eigenvalue weighted by atomic mass is 9.76. The molecule has 0 unspecified atom stereocenters. The van der Waals surface area contributed by atoms with Crippen LogP contribution in [0.2, 0.25) is 0 Å². The molecule has 0 aromatic heterocycles. The smallest absolute Gasteiger partial charge is 0.225 e. The predicted octanol–water partition coefficient (Wildman–Crippen LogP) is 2.92. The summed E-state index contributed by atoms with van der Waals surface area (Å²) in [5.74, 6) is -3.14. The molecule has 100 valence electrons. The molecule has 0 saturated heterocycles. The molecular formula is C11H12BrF2NO2S. The van der Waals surface area contributed by atoms with Crippen molar-refractivity contribution in [3.63, 3.8) is 0 Å². The van der Waals surface area contributed by atoms with Crippen molar-refractivity contribution in [1.82, 2.24) is 0 Å². The van der Waals surface area contributed by atoms with E-state index in [-0.39, 0.29) is 17.7 Å². The zero-order chi connectivity index (χ0) is 13.7. The Balaban J connectivity index is 2.53. The molecule has 0 bridgehead atoms. The first-order chi connectivity index (χ1) is 8.12. The van der Waals surface area contributed by atoms with Crippen LogP contribution in [0.4, 0.5) is 8.78 Å². The molecule has 0 heterocycles.